The van der Waals surface area contributed by atoms with Gasteiger partial charge in [-0.3, -0.25) is 10.4 Å². The average Bonchev–Trinajstić information content (AvgIpc) is 3.05. The fourth-order valence-corrected chi connectivity index (χ4v) is 4.29. The smallest absolute Gasteiger partial charge is 0.213 e. The Morgan fingerprint density at radius 1 is 1.00 bits per heavy atom. The molecule has 0 bridgehead atoms. The van der Waals surface area contributed by atoms with Gasteiger partial charge in [-0.2, -0.15) is 0 Å². The number of ether oxygens (including phenoxy) is 1. The first-order valence-electron chi connectivity index (χ1n) is 14.4. The molecule has 0 aliphatic carbocycles. The molecule has 254 valence electrons. The Kier molecular flexibility index (Phi) is 25.6. The molecule has 2 rings (SSSR count). The van der Waals surface area contributed by atoms with E-state index < -0.39 is 10.0 Å². The number of hydrogen-bond donors (Lipinski definition) is 4. The zero-order valence-corrected chi connectivity index (χ0v) is 29.5. The van der Waals surface area contributed by atoms with Gasteiger partial charge in [-0.05, 0) is 117 Å². The number of sulfonamides is 1. The Morgan fingerprint density at radius 2 is 1.54 bits per heavy atom. The van der Waals surface area contributed by atoms with Crippen LogP contribution in [0.4, 0.5) is 4.39 Å². The summed E-state index contributed by atoms with van der Waals surface area (Å²) in [6.45, 7) is 10.1. The van der Waals surface area contributed by atoms with Crippen molar-refractivity contribution >= 4 is 27.3 Å². The highest BCUT2D eigenvalue weighted by Gasteiger charge is 2.10. The molecule has 0 atom stereocenters. The van der Waals surface area contributed by atoms with Crippen molar-refractivity contribution in [2.45, 2.75) is 47.5 Å². The molecule has 0 spiro atoms. The van der Waals surface area contributed by atoms with E-state index in [1.807, 2.05) is 58.1 Å². The van der Waals surface area contributed by atoms with Crippen molar-refractivity contribution in [2.24, 2.45) is 10.9 Å². The number of benzene rings is 1. The summed E-state index contributed by atoms with van der Waals surface area (Å²) in [5.74, 6) is -0.542. The number of allylic oxidation sites excluding steroid dienone is 9. The standard InChI is InChI=1S/C20H21FN2O.C11H18ClNO2S.C3H7N.CH4O/c1-15(14-24-2)3-4-18(13-16-9-11-23-12-10-16)20(22)17-5-7-19(21)8-6-17;1-4-9(3)6-7-11(12)10(5-2)8-16(13,14)15;1-2-3-4;1-2/h3-12,22H,13-14H2,1-2H3;5-7H,4,8H2,1-3H3,(H2,13,14,15);2-3H,4H2,1H3;2H,1H3/b15-3+,18-4+,22-20?;9-6+,10-5-,11-7+;3-2-;. The van der Waals surface area contributed by atoms with Crippen molar-refractivity contribution in [1.82, 2.24) is 4.98 Å². The van der Waals surface area contributed by atoms with Gasteiger partial charge in [0.1, 0.15) is 5.82 Å². The fourth-order valence-electron chi connectivity index (χ4n) is 3.22. The lowest BCUT2D eigenvalue weighted by Crippen LogP contribution is -2.18. The maximum Gasteiger partial charge on any atom is 0.213 e. The molecule has 0 saturated carbocycles. The van der Waals surface area contributed by atoms with Crippen LogP contribution in [-0.2, 0) is 21.2 Å². The second-order valence-electron chi connectivity index (χ2n) is 9.58. The number of nitrogens with one attached hydrogen (secondary N) is 1. The molecule has 0 amide bonds. The van der Waals surface area contributed by atoms with Crippen molar-refractivity contribution in [3.8, 4) is 0 Å². The number of hydrogen-bond acceptors (Lipinski definition) is 7. The molecule has 1 aromatic carbocycles. The van der Waals surface area contributed by atoms with Crippen molar-refractivity contribution in [1.29, 1.82) is 5.41 Å². The van der Waals surface area contributed by atoms with Gasteiger partial charge in [0.05, 0.1) is 18.1 Å². The van der Waals surface area contributed by atoms with Gasteiger partial charge < -0.3 is 15.6 Å². The molecule has 1 aromatic heterocycles. The van der Waals surface area contributed by atoms with E-state index in [1.54, 1.807) is 56.8 Å². The van der Waals surface area contributed by atoms with Crippen LogP contribution >= 0.6 is 11.6 Å². The number of methoxy groups -OCH3 is 1. The van der Waals surface area contributed by atoms with E-state index in [2.05, 4.69) is 4.98 Å². The van der Waals surface area contributed by atoms with Crippen LogP contribution in [0.2, 0.25) is 0 Å². The minimum Gasteiger partial charge on any atom is -0.405 e. The first-order valence-corrected chi connectivity index (χ1v) is 16.5. The van der Waals surface area contributed by atoms with E-state index in [4.69, 9.17) is 37.7 Å². The highest BCUT2D eigenvalue weighted by molar-refractivity contribution is 7.89. The van der Waals surface area contributed by atoms with E-state index in [1.165, 1.54) is 23.9 Å². The number of aliphatic hydroxyl groups is 1. The summed E-state index contributed by atoms with van der Waals surface area (Å²) in [6.07, 6.45) is 17.4. The molecule has 0 saturated heterocycles. The van der Waals surface area contributed by atoms with Gasteiger partial charge in [-0.15, -0.1) is 0 Å². The minimum absolute atomic E-state index is 0.238. The Labute approximate surface area is 280 Å². The van der Waals surface area contributed by atoms with Gasteiger partial charge >= 0.3 is 0 Å². The summed E-state index contributed by atoms with van der Waals surface area (Å²) in [4.78, 5) is 4.02. The Bertz CT molecular complexity index is 1450. The average molecular weight is 677 g/mol. The second-order valence-corrected chi connectivity index (χ2v) is 11.6. The molecule has 1 heterocycles. The molecular weight excluding hydrogens is 627 g/mol. The number of nitrogens with zero attached hydrogens (tertiary/aromatic N) is 1. The van der Waals surface area contributed by atoms with Gasteiger partial charge in [0.25, 0.3) is 0 Å². The molecule has 8 nitrogen and oxygen atoms in total. The summed E-state index contributed by atoms with van der Waals surface area (Å²) in [7, 11) is -0.887. The van der Waals surface area contributed by atoms with Crippen molar-refractivity contribution in [3.05, 3.63) is 136 Å². The zero-order chi connectivity index (χ0) is 35.5. The number of pyridine rings is 1. The molecule has 0 aliphatic rings. The Morgan fingerprint density at radius 3 is 2.00 bits per heavy atom. The molecule has 6 N–H and O–H groups in total. The van der Waals surface area contributed by atoms with Gasteiger partial charge in [0.2, 0.25) is 10.0 Å². The lowest BCUT2D eigenvalue weighted by atomic mass is 9.96. The van der Waals surface area contributed by atoms with E-state index in [0.717, 1.165) is 30.2 Å². The lowest BCUT2D eigenvalue weighted by Gasteiger charge is -2.10. The van der Waals surface area contributed by atoms with Gasteiger partial charge in [-0.25, -0.2) is 17.9 Å². The van der Waals surface area contributed by atoms with E-state index >= 15 is 0 Å². The van der Waals surface area contributed by atoms with Gasteiger partial charge in [0, 0.05) is 31.6 Å². The molecule has 0 aliphatic heterocycles. The monoisotopic (exact) mass is 676 g/mol. The molecule has 0 radical (unpaired) electrons. The molecule has 2 aromatic rings. The first-order chi connectivity index (χ1) is 21.8. The highest BCUT2D eigenvalue weighted by Crippen LogP contribution is 2.17. The summed E-state index contributed by atoms with van der Waals surface area (Å²) >= 11 is 5.98. The summed E-state index contributed by atoms with van der Waals surface area (Å²) in [5, 5.41) is 20.9. The van der Waals surface area contributed by atoms with Crippen LogP contribution in [0, 0.1) is 11.2 Å². The summed E-state index contributed by atoms with van der Waals surface area (Å²) < 4.78 is 40.1. The Hall–Kier alpha value is -3.67. The largest absolute Gasteiger partial charge is 0.405 e. The topological polar surface area (TPSA) is 152 Å². The predicted octanol–water partition coefficient (Wildman–Crippen LogP) is 7.14. The summed E-state index contributed by atoms with van der Waals surface area (Å²) in [6, 6.07) is 9.86. The molecule has 11 heteroatoms. The quantitative estimate of drug-likeness (QED) is 0.139. The zero-order valence-electron chi connectivity index (χ0n) is 27.9. The van der Waals surface area contributed by atoms with E-state index in [0.29, 0.717) is 34.9 Å². The fraction of sp³-hybridized carbons (Fsp3) is 0.314. The first kappa shape index (κ1) is 44.5. The maximum atomic E-state index is 13.1. The van der Waals surface area contributed by atoms with Crippen LogP contribution in [0.25, 0.3) is 0 Å². The third-order valence-electron chi connectivity index (χ3n) is 5.82. The summed E-state index contributed by atoms with van der Waals surface area (Å²) in [5.41, 5.74) is 10.6. The molecule has 0 fully saturated rings. The lowest BCUT2D eigenvalue weighted by molar-refractivity contribution is 0.226. The number of halogens is 2. The van der Waals surface area contributed by atoms with Crippen LogP contribution in [0.5, 0.6) is 0 Å². The number of aromatic nitrogens is 1. The third-order valence-corrected chi connectivity index (χ3v) is 6.90. The normalized spacial score (nSPS) is 12.7. The van der Waals surface area contributed by atoms with Gasteiger partial charge in [-0.1, -0.05) is 54.5 Å². The maximum absolute atomic E-state index is 13.1. The van der Waals surface area contributed by atoms with E-state index in [9.17, 15) is 12.8 Å². The second kappa shape index (κ2) is 26.5. The highest BCUT2D eigenvalue weighted by atomic mass is 35.5. The van der Waals surface area contributed by atoms with Crippen molar-refractivity contribution < 1.29 is 22.7 Å². The van der Waals surface area contributed by atoms with Crippen LogP contribution in [0.1, 0.15) is 52.2 Å². The molecule has 0 unspecified atom stereocenters. The van der Waals surface area contributed by atoms with Crippen LogP contribution in [0.15, 0.2) is 119 Å². The van der Waals surface area contributed by atoms with E-state index in [-0.39, 0.29) is 11.6 Å². The SMILES string of the molecule is C/C=C\N.CO.COC/C(C)=C/C=C(\Cc1ccncc1)C(=N)c1ccc(F)cc1.C\C=C(CS(N)(=O)=O)/C(Cl)=C\C=C(/C)CC. The number of nitrogens with two attached hydrogens (primary N) is 2. The molecule has 46 heavy (non-hydrogen) atoms. The van der Waals surface area contributed by atoms with Gasteiger partial charge in [0.15, 0.2) is 0 Å². The van der Waals surface area contributed by atoms with Crippen LogP contribution in [-0.4, -0.2) is 50.8 Å². The number of aliphatic hydroxyl groups excluding tert-OH is 1. The third kappa shape index (κ3) is 21.9. The minimum atomic E-state index is -3.54. The number of rotatable bonds is 12. The van der Waals surface area contributed by atoms with Crippen molar-refractivity contribution in [2.75, 3.05) is 26.6 Å². The number of primary sulfonamides is 1. The van der Waals surface area contributed by atoms with Crippen LogP contribution < -0.4 is 10.9 Å². The van der Waals surface area contributed by atoms with Crippen molar-refractivity contribution in [3.63, 3.8) is 0 Å². The Balaban J connectivity index is 0. The predicted molar refractivity (Wildman–Crippen MR) is 192 cm³/mol. The van der Waals surface area contributed by atoms with Crippen LogP contribution in [0.3, 0.4) is 0 Å². The molecular formula is C35H50ClFN4O4S.